The normalized spacial score (nSPS) is 9.89. The van der Waals surface area contributed by atoms with Crippen molar-refractivity contribution < 1.29 is 0 Å². The van der Waals surface area contributed by atoms with E-state index >= 15 is 0 Å². The van der Waals surface area contributed by atoms with Crippen molar-refractivity contribution in [2.75, 3.05) is 6.54 Å². The molecule has 3 heteroatoms. The molecule has 0 aliphatic heterocycles. The summed E-state index contributed by atoms with van der Waals surface area (Å²) in [6, 6.07) is 1.96. The fraction of sp³-hybridized carbons (Fsp3) is 0.500. The van der Waals surface area contributed by atoms with Crippen molar-refractivity contribution in [1.82, 2.24) is 15.5 Å². The summed E-state index contributed by atoms with van der Waals surface area (Å²) in [6.45, 7) is 3.96. The topological polar surface area (TPSA) is 40.7 Å². The molecule has 1 aromatic rings. The minimum Gasteiger partial charge on any atom is -0.311 e. The number of H-pyrrole nitrogens is 1. The van der Waals surface area contributed by atoms with Gasteiger partial charge in [0.1, 0.15) is 0 Å². The molecule has 0 spiro atoms. The zero-order valence-corrected chi connectivity index (χ0v) is 5.52. The summed E-state index contributed by atoms with van der Waals surface area (Å²) in [5, 5.41) is 9.85. The van der Waals surface area contributed by atoms with Crippen LogP contribution in [-0.2, 0) is 6.54 Å². The van der Waals surface area contributed by atoms with Crippen LogP contribution in [0.2, 0.25) is 0 Å². The van der Waals surface area contributed by atoms with Crippen molar-refractivity contribution in [2.45, 2.75) is 13.5 Å². The number of rotatable bonds is 3. The maximum Gasteiger partial charge on any atom is 0.0490 e. The van der Waals surface area contributed by atoms with Gasteiger partial charge in [0.25, 0.3) is 0 Å². The van der Waals surface area contributed by atoms with Gasteiger partial charge in [0.15, 0.2) is 0 Å². The van der Waals surface area contributed by atoms with Gasteiger partial charge in [-0.3, -0.25) is 5.10 Å². The minimum atomic E-state index is 0.885. The lowest BCUT2D eigenvalue weighted by molar-refractivity contribution is 0.707. The predicted molar refractivity (Wildman–Crippen MR) is 36.0 cm³/mol. The van der Waals surface area contributed by atoms with Gasteiger partial charge in [0, 0.05) is 18.4 Å². The van der Waals surface area contributed by atoms with Gasteiger partial charge in [-0.15, -0.1) is 0 Å². The first-order valence-electron chi connectivity index (χ1n) is 3.12. The Hall–Kier alpha value is -0.830. The highest BCUT2D eigenvalue weighted by atomic mass is 15.1. The van der Waals surface area contributed by atoms with Crippen LogP contribution in [0.4, 0.5) is 0 Å². The van der Waals surface area contributed by atoms with E-state index in [1.807, 2.05) is 6.07 Å². The number of nitrogens with one attached hydrogen (secondary N) is 2. The second-order valence-electron chi connectivity index (χ2n) is 1.86. The molecule has 0 fully saturated rings. The van der Waals surface area contributed by atoms with Crippen LogP contribution in [0.1, 0.15) is 12.6 Å². The van der Waals surface area contributed by atoms with Gasteiger partial charge >= 0.3 is 0 Å². The van der Waals surface area contributed by atoms with Gasteiger partial charge in [-0.1, -0.05) is 6.92 Å². The number of aromatic nitrogens is 2. The second-order valence-corrected chi connectivity index (χ2v) is 1.86. The molecule has 0 amide bonds. The molecule has 0 aliphatic carbocycles. The first-order chi connectivity index (χ1) is 4.43. The van der Waals surface area contributed by atoms with Gasteiger partial charge in [0.2, 0.25) is 0 Å². The third-order valence-corrected chi connectivity index (χ3v) is 1.12. The number of aromatic amines is 1. The largest absolute Gasteiger partial charge is 0.311 e. The SMILES string of the molecule is CCNCc1ccn[nH]1. The first-order valence-corrected chi connectivity index (χ1v) is 3.12. The van der Waals surface area contributed by atoms with Crippen molar-refractivity contribution in [3.05, 3.63) is 18.0 Å². The van der Waals surface area contributed by atoms with Crippen LogP contribution in [0, 0.1) is 0 Å². The smallest absolute Gasteiger partial charge is 0.0490 e. The van der Waals surface area contributed by atoms with Crippen molar-refractivity contribution in [3.8, 4) is 0 Å². The maximum atomic E-state index is 3.81. The molecule has 0 aromatic carbocycles. The molecule has 3 nitrogen and oxygen atoms in total. The van der Waals surface area contributed by atoms with Crippen LogP contribution < -0.4 is 5.32 Å². The van der Waals surface area contributed by atoms with E-state index in [1.54, 1.807) is 6.20 Å². The quantitative estimate of drug-likeness (QED) is 0.618. The second kappa shape index (κ2) is 3.25. The Labute approximate surface area is 54.5 Å². The van der Waals surface area contributed by atoms with E-state index in [0.717, 1.165) is 18.8 Å². The Morgan fingerprint density at radius 1 is 1.78 bits per heavy atom. The third kappa shape index (κ3) is 1.85. The highest BCUT2D eigenvalue weighted by Crippen LogP contribution is 1.88. The summed E-state index contributed by atoms with van der Waals surface area (Å²) in [5.74, 6) is 0. The lowest BCUT2D eigenvalue weighted by Gasteiger charge is -1.94. The van der Waals surface area contributed by atoms with E-state index in [1.165, 1.54) is 0 Å². The lowest BCUT2D eigenvalue weighted by atomic mass is 10.4. The summed E-state index contributed by atoms with van der Waals surface area (Å²) >= 11 is 0. The zero-order valence-electron chi connectivity index (χ0n) is 5.52. The van der Waals surface area contributed by atoms with Gasteiger partial charge < -0.3 is 5.32 Å². The van der Waals surface area contributed by atoms with E-state index in [-0.39, 0.29) is 0 Å². The minimum absolute atomic E-state index is 0.885. The van der Waals surface area contributed by atoms with E-state index in [2.05, 4.69) is 22.4 Å². The Balaban J connectivity index is 2.30. The summed E-state index contributed by atoms with van der Waals surface area (Å²) < 4.78 is 0. The van der Waals surface area contributed by atoms with Gasteiger partial charge in [0.05, 0.1) is 0 Å². The Morgan fingerprint density at radius 3 is 3.22 bits per heavy atom. The predicted octanol–water partition coefficient (Wildman–Crippen LogP) is 0.519. The summed E-state index contributed by atoms with van der Waals surface area (Å²) in [6.07, 6.45) is 1.76. The summed E-state index contributed by atoms with van der Waals surface area (Å²) in [5.41, 5.74) is 1.14. The highest BCUT2D eigenvalue weighted by Gasteiger charge is 1.88. The van der Waals surface area contributed by atoms with Crippen molar-refractivity contribution >= 4 is 0 Å². The number of nitrogens with zero attached hydrogens (tertiary/aromatic N) is 1. The molecule has 1 heterocycles. The molecule has 1 aromatic heterocycles. The lowest BCUT2D eigenvalue weighted by Crippen LogP contribution is -2.11. The summed E-state index contributed by atoms with van der Waals surface area (Å²) in [4.78, 5) is 0. The number of hydrogen-bond acceptors (Lipinski definition) is 2. The standard InChI is InChI=1S/C6H11N3/c1-2-7-5-6-3-4-8-9-6/h3-4,7H,2,5H2,1H3,(H,8,9). The fourth-order valence-corrected chi connectivity index (χ4v) is 0.643. The molecule has 0 saturated heterocycles. The monoisotopic (exact) mass is 125 g/mol. The maximum absolute atomic E-state index is 3.81. The zero-order chi connectivity index (χ0) is 6.53. The van der Waals surface area contributed by atoms with Crippen LogP contribution in [0.5, 0.6) is 0 Å². The molecule has 9 heavy (non-hydrogen) atoms. The first kappa shape index (κ1) is 6.29. The molecule has 50 valence electrons. The summed E-state index contributed by atoms with van der Waals surface area (Å²) in [7, 11) is 0. The highest BCUT2D eigenvalue weighted by molar-refractivity contribution is 4.96. The third-order valence-electron chi connectivity index (χ3n) is 1.12. The number of hydrogen-bond donors (Lipinski definition) is 2. The molecule has 0 aliphatic rings. The van der Waals surface area contributed by atoms with E-state index in [9.17, 15) is 0 Å². The van der Waals surface area contributed by atoms with Crippen molar-refractivity contribution in [3.63, 3.8) is 0 Å². The molecule has 1 rings (SSSR count). The molecular weight excluding hydrogens is 114 g/mol. The van der Waals surface area contributed by atoms with E-state index < -0.39 is 0 Å². The van der Waals surface area contributed by atoms with Crippen LogP contribution in [0.25, 0.3) is 0 Å². The fourth-order valence-electron chi connectivity index (χ4n) is 0.643. The van der Waals surface area contributed by atoms with Gasteiger partial charge in [-0.2, -0.15) is 5.10 Å². The van der Waals surface area contributed by atoms with E-state index in [4.69, 9.17) is 0 Å². The molecule has 0 bridgehead atoms. The average molecular weight is 125 g/mol. The van der Waals surface area contributed by atoms with Gasteiger partial charge in [-0.05, 0) is 12.6 Å². The molecule has 2 N–H and O–H groups in total. The van der Waals surface area contributed by atoms with Crippen LogP contribution in [0.15, 0.2) is 12.3 Å². The molecule has 0 unspecified atom stereocenters. The van der Waals surface area contributed by atoms with Crippen molar-refractivity contribution in [1.29, 1.82) is 0 Å². The molecule has 0 saturated carbocycles. The van der Waals surface area contributed by atoms with Crippen LogP contribution >= 0.6 is 0 Å². The Kier molecular flexibility index (Phi) is 2.27. The Bertz CT molecular complexity index is 145. The average Bonchev–Trinajstić information content (AvgIpc) is 2.34. The van der Waals surface area contributed by atoms with E-state index in [0.29, 0.717) is 0 Å². The van der Waals surface area contributed by atoms with Gasteiger partial charge in [-0.25, -0.2) is 0 Å². The van der Waals surface area contributed by atoms with Crippen LogP contribution in [0.3, 0.4) is 0 Å². The molecular formula is C6H11N3. The Morgan fingerprint density at radius 2 is 2.67 bits per heavy atom. The van der Waals surface area contributed by atoms with Crippen molar-refractivity contribution in [2.24, 2.45) is 0 Å². The van der Waals surface area contributed by atoms with Crippen LogP contribution in [-0.4, -0.2) is 16.7 Å². The molecule has 0 radical (unpaired) electrons. The molecule has 0 atom stereocenters.